The van der Waals surface area contributed by atoms with Crippen molar-refractivity contribution < 1.29 is 9.85 Å². The van der Waals surface area contributed by atoms with E-state index in [1.165, 1.54) is 24.5 Å². The molecule has 1 aromatic heterocycles. The van der Waals surface area contributed by atoms with Crippen LogP contribution < -0.4 is 10.2 Å². The van der Waals surface area contributed by atoms with E-state index in [-0.39, 0.29) is 23.0 Å². The lowest BCUT2D eigenvalue weighted by Crippen LogP contribution is -2.20. The lowest BCUT2D eigenvalue weighted by atomic mass is 10.2. The second-order valence-corrected chi connectivity index (χ2v) is 6.17. The number of anilines is 4. The molecule has 0 amide bonds. The molecule has 0 aliphatic rings. The summed E-state index contributed by atoms with van der Waals surface area (Å²) in [4.78, 5) is 31.6. The molecule has 1 heterocycles. The first kappa shape index (κ1) is 19.7. The summed E-state index contributed by atoms with van der Waals surface area (Å²) in [6, 6.07) is 13.2. The van der Waals surface area contributed by atoms with Crippen molar-refractivity contribution in [2.45, 2.75) is 13.8 Å². The summed E-state index contributed by atoms with van der Waals surface area (Å²) in [5, 5.41) is 25.7. The smallest absolute Gasteiger partial charge is 0.334 e. The highest BCUT2D eigenvalue weighted by atomic mass is 16.6. The van der Waals surface area contributed by atoms with Gasteiger partial charge in [0.2, 0.25) is 11.6 Å². The summed E-state index contributed by atoms with van der Waals surface area (Å²) in [6.07, 6.45) is 1.22. The van der Waals surface area contributed by atoms with E-state index in [0.717, 1.165) is 11.3 Å². The zero-order valence-corrected chi connectivity index (χ0v) is 15.8. The molecular weight excluding hydrogens is 376 g/mol. The van der Waals surface area contributed by atoms with Crippen molar-refractivity contribution in [2.75, 3.05) is 16.8 Å². The van der Waals surface area contributed by atoms with E-state index in [1.54, 1.807) is 11.0 Å². The largest absolute Gasteiger partial charge is 0.354 e. The van der Waals surface area contributed by atoms with Crippen LogP contribution in [0.4, 0.5) is 34.4 Å². The molecule has 0 atom stereocenters. The number of hydrogen-bond acceptors (Lipinski definition) is 8. The van der Waals surface area contributed by atoms with Crippen LogP contribution in [0.25, 0.3) is 0 Å². The Bertz CT molecular complexity index is 1070. The van der Waals surface area contributed by atoms with E-state index >= 15 is 0 Å². The lowest BCUT2D eigenvalue weighted by molar-refractivity contribution is -0.384. The van der Waals surface area contributed by atoms with Crippen LogP contribution in [0.15, 0.2) is 54.9 Å². The van der Waals surface area contributed by atoms with Crippen molar-refractivity contribution in [3.05, 3.63) is 80.7 Å². The van der Waals surface area contributed by atoms with Crippen molar-refractivity contribution in [1.29, 1.82) is 0 Å². The molecule has 1 N–H and O–H groups in total. The summed E-state index contributed by atoms with van der Waals surface area (Å²) in [7, 11) is 0. The van der Waals surface area contributed by atoms with Crippen LogP contribution in [-0.2, 0) is 0 Å². The number of nitrogens with zero attached hydrogens (tertiary/aromatic N) is 5. The fourth-order valence-corrected chi connectivity index (χ4v) is 2.91. The van der Waals surface area contributed by atoms with Crippen LogP contribution in [-0.4, -0.2) is 26.4 Å². The maximum atomic E-state index is 11.9. The van der Waals surface area contributed by atoms with Gasteiger partial charge in [-0.05, 0) is 37.6 Å². The van der Waals surface area contributed by atoms with Crippen LogP contribution in [0.1, 0.15) is 12.5 Å². The molecule has 0 saturated heterocycles. The minimum Gasteiger partial charge on any atom is -0.334 e. The van der Waals surface area contributed by atoms with Crippen molar-refractivity contribution in [1.82, 2.24) is 9.97 Å². The average molecular weight is 394 g/mol. The van der Waals surface area contributed by atoms with Gasteiger partial charge in [0.05, 0.1) is 9.85 Å². The third-order valence-electron chi connectivity index (χ3n) is 4.19. The van der Waals surface area contributed by atoms with Crippen molar-refractivity contribution >= 4 is 34.4 Å². The van der Waals surface area contributed by atoms with E-state index in [9.17, 15) is 20.2 Å². The summed E-state index contributed by atoms with van der Waals surface area (Å²) >= 11 is 0. The number of benzene rings is 2. The SMILES string of the molecule is CCN(c1cccc(C)c1)c1ncnc(Nc2cccc([N+](=O)[O-])c2)c1[N+](=O)[O-]. The fourth-order valence-electron chi connectivity index (χ4n) is 2.91. The molecule has 0 aliphatic heterocycles. The molecule has 0 bridgehead atoms. The van der Waals surface area contributed by atoms with Gasteiger partial charge in [0, 0.05) is 30.1 Å². The highest BCUT2D eigenvalue weighted by molar-refractivity contribution is 5.78. The molecule has 0 aliphatic carbocycles. The first-order chi connectivity index (χ1) is 13.9. The second-order valence-electron chi connectivity index (χ2n) is 6.17. The topological polar surface area (TPSA) is 127 Å². The van der Waals surface area contributed by atoms with Crippen LogP contribution in [0.2, 0.25) is 0 Å². The standard InChI is InChI=1S/C19H18N6O4/c1-3-23(15-8-4-6-13(2)10-15)19-17(25(28)29)18(20-12-21-19)22-14-7-5-9-16(11-14)24(26)27/h4-12H,3H2,1-2H3,(H,20,21,22). The van der Waals surface area contributed by atoms with E-state index in [4.69, 9.17) is 0 Å². The quantitative estimate of drug-likeness (QED) is 0.458. The van der Waals surface area contributed by atoms with Crippen LogP contribution >= 0.6 is 0 Å². The van der Waals surface area contributed by atoms with Gasteiger partial charge in [0.1, 0.15) is 6.33 Å². The van der Waals surface area contributed by atoms with Crippen molar-refractivity contribution in [2.24, 2.45) is 0 Å². The highest BCUT2D eigenvalue weighted by Gasteiger charge is 2.27. The van der Waals surface area contributed by atoms with Gasteiger partial charge in [-0.25, -0.2) is 9.97 Å². The van der Waals surface area contributed by atoms with Gasteiger partial charge in [-0.15, -0.1) is 0 Å². The number of aromatic nitrogens is 2. The van der Waals surface area contributed by atoms with Crippen LogP contribution in [0.3, 0.4) is 0 Å². The number of nitrogens with one attached hydrogen (secondary N) is 1. The summed E-state index contributed by atoms with van der Waals surface area (Å²) in [5.74, 6) is 0.0811. The molecule has 2 aromatic carbocycles. The third kappa shape index (κ3) is 4.26. The Labute approximate surface area is 166 Å². The third-order valence-corrected chi connectivity index (χ3v) is 4.19. The average Bonchev–Trinajstić information content (AvgIpc) is 2.69. The molecule has 10 nitrogen and oxygen atoms in total. The predicted molar refractivity (Wildman–Crippen MR) is 109 cm³/mol. The molecule has 3 aromatic rings. The highest BCUT2D eigenvalue weighted by Crippen LogP contribution is 2.37. The maximum absolute atomic E-state index is 11.9. The second kappa shape index (κ2) is 8.30. The van der Waals surface area contributed by atoms with Gasteiger partial charge >= 0.3 is 5.69 Å². The molecular formula is C19H18N6O4. The van der Waals surface area contributed by atoms with Gasteiger partial charge in [0.15, 0.2) is 0 Å². The molecule has 29 heavy (non-hydrogen) atoms. The normalized spacial score (nSPS) is 10.4. The zero-order valence-electron chi connectivity index (χ0n) is 15.8. The minimum atomic E-state index is -0.562. The first-order valence-electron chi connectivity index (χ1n) is 8.75. The van der Waals surface area contributed by atoms with E-state index < -0.39 is 9.85 Å². The monoisotopic (exact) mass is 394 g/mol. The number of rotatable bonds is 7. The van der Waals surface area contributed by atoms with Crippen molar-refractivity contribution in [3.63, 3.8) is 0 Å². The van der Waals surface area contributed by atoms with E-state index in [2.05, 4.69) is 15.3 Å². The fraction of sp³-hybridized carbons (Fsp3) is 0.158. The lowest BCUT2D eigenvalue weighted by Gasteiger charge is -2.22. The van der Waals surface area contributed by atoms with Gasteiger partial charge in [-0.2, -0.15) is 0 Å². The molecule has 3 rings (SSSR count). The molecule has 0 saturated carbocycles. The Morgan fingerprint density at radius 2 is 1.79 bits per heavy atom. The Morgan fingerprint density at radius 1 is 1.03 bits per heavy atom. The molecule has 0 fully saturated rings. The molecule has 0 radical (unpaired) electrons. The van der Waals surface area contributed by atoms with Crippen LogP contribution in [0, 0.1) is 27.2 Å². The Morgan fingerprint density at radius 3 is 2.45 bits per heavy atom. The summed E-state index contributed by atoms with van der Waals surface area (Å²) < 4.78 is 0. The number of aryl methyl sites for hydroxylation is 1. The molecule has 10 heteroatoms. The first-order valence-corrected chi connectivity index (χ1v) is 8.75. The molecule has 0 spiro atoms. The maximum Gasteiger partial charge on any atom is 0.354 e. The molecule has 0 unspecified atom stereocenters. The number of hydrogen-bond donors (Lipinski definition) is 1. The summed E-state index contributed by atoms with van der Waals surface area (Å²) in [6.45, 7) is 4.24. The van der Waals surface area contributed by atoms with Gasteiger partial charge in [0.25, 0.3) is 5.69 Å². The minimum absolute atomic E-state index is 0.0494. The van der Waals surface area contributed by atoms with Crippen LogP contribution in [0.5, 0.6) is 0 Å². The van der Waals surface area contributed by atoms with Crippen molar-refractivity contribution in [3.8, 4) is 0 Å². The van der Waals surface area contributed by atoms with Gasteiger partial charge in [-0.1, -0.05) is 18.2 Å². The summed E-state index contributed by atoms with van der Waals surface area (Å²) in [5.41, 5.74) is 1.62. The van der Waals surface area contributed by atoms with Gasteiger partial charge < -0.3 is 10.2 Å². The zero-order chi connectivity index (χ0) is 21.0. The number of non-ortho nitro benzene ring substituents is 1. The number of nitro benzene ring substituents is 1. The Hall–Kier alpha value is -4.08. The predicted octanol–water partition coefficient (Wildman–Crippen LogP) is 4.50. The van der Waals surface area contributed by atoms with Gasteiger partial charge in [-0.3, -0.25) is 20.2 Å². The Balaban J connectivity index is 2.07. The van der Waals surface area contributed by atoms with E-state index in [0.29, 0.717) is 12.2 Å². The number of nitro groups is 2. The van der Waals surface area contributed by atoms with E-state index in [1.807, 2.05) is 38.1 Å². The molecule has 148 valence electrons. The Kier molecular flexibility index (Phi) is 5.63.